The lowest BCUT2D eigenvalue weighted by Gasteiger charge is -2.06. The molecule has 17 heavy (non-hydrogen) atoms. The van der Waals surface area contributed by atoms with Gasteiger partial charge in [0, 0.05) is 5.02 Å². The van der Waals surface area contributed by atoms with Gasteiger partial charge < -0.3 is 4.74 Å². The van der Waals surface area contributed by atoms with E-state index in [1.807, 2.05) is 6.07 Å². The van der Waals surface area contributed by atoms with Gasteiger partial charge in [-0.1, -0.05) is 23.7 Å². The van der Waals surface area contributed by atoms with Crippen molar-refractivity contribution in [2.24, 2.45) is 0 Å². The van der Waals surface area contributed by atoms with Gasteiger partial charge in [-0.3, -0.25) is 0 Å². The Balaban J connectivity index is 2.95. The van der Waals surface area contributed by atoms with Crippen LogP contribution in [0, 0.1) is 11.3 Å². The fourth-order valence-electron chi connectivity index (χ4n) is 1.18. The average molecular weight is 250 g/mol. The number of nitriles is 1. The highest BCUT2D eigenvalue weighted by Gasteiger charge is 2.12. The molecule has 0 aromatic heterocycles. The summed E-state index contributed by atoms with van der Waals surface area (Å²) >= 11 is 5.81. The zero-order chi connectivity index (χ0) is 12.8. The Morgan fingerprint density at radius 1 is 1.53 bits per heavy atom. The lowest BCUT2D eigenvalue weighted by Crippen LogP contribution is -2.12. The van der Waals surface area contributed by atoms with E-state index < -0.39 is 5.97 Å². The quantitative estimate of drug-likeness (QED) is 0.470. The molecular formula is C13H12ClNO2. The lowest BCUT2D eigenvalue weighted by atomic mass is 10.1. The normalized spacial score (nSPS) is 11.1. The maximum Gasteiger partial charge on any atom is 0.349 e. The second-order valence-electron chi connectivity index (χ2n) is 3.68. The van der Waals surface area contributed by atoms with Crippen molar-refractivity contribution in [1.82, 2.24) is 0 Å². The van der Waals surface area contributed by atoms with E-state index in [0.29, 0.717) is 10.6 Å². The van der Waals surface area contributed by atoms with E-state index in [0.717, 1.165) is 0 Å². The van der Waals surface area contributed by atoms with Gasteiger partial charge in [0.05, 0.1) is 6.10 Å². The highest BCUT2D eigenvalue weighted by atomic mass is 35.5. The molecule has 0 amide bonds. The molecule has 0 aliphatic carbocycles. The molecule has 0 spiro atoms. The van der Waals surface area contributed by atoms with E-state index in [2.05, 4.69) is 0 Å². The summed E-state index contributed by atoms with van der Waals surface area (Å²) in [4.78, 5) is 11.5. The molecule has 0 atom stereocenters. The zero-order valence-corrected chi connectivity index (χ0v) is 10.4. The third-order valence-corrected chi connectivity index (χ3v) is 2.08. The molecule has 88 valence electrons. The van der Waals surface area contributed by atoms with Crippen LogP contribution in [0.1, 0.15) is 19.4 Å². The number of hydrogen-bond acceptors (Lipinski definition) is 3. The minimum atomic E-state index is -0.623. The maximum atomic E-state index is 11.5. The Labute approximate surface area is 105 Å². The van der Waals surface area contributed by atoms with Crippen molar-refractivity contribution in [2.45, 2.75) is 20.0 Å². The first kappa shape index (κ1) is 13.3. The van der Waals surface area contributed by atoms with Crippen LogP contribution >= 0.6 is 11.6 Å². The summed E-state index contributed by atoms with van der Waals surface area (Å²) in [5.41, 5.74) is 0.649. The third kappa shape index (κ3) is 4.29. The molecule has 0 heterocycles. The molecule has 0 radical (unpaired) electrons. The van der Waals surface area contributed by atoms with Gasteiger partial charge in [0.1, 0.15) is 11.6 Å². The van der Waals surface area contributed by atoms with Gasteiger partial charge in [-0.15, -0.1) is 0 Å². The van der Waals surface area contributed by atoms with E-state index in [-0.39, 0.29) is 11.7 Å². The van der Waals surface area contributed by atoms with Gasteiger partial charge in [0.2, 0.25) is 0 Å². The topological polar surface area (TPSA) is 50.1 Å². The van der Waals surface area contributed by atoms with Gasteiger partial charge in [-0.2, -0.15) is 5.26 Å². The molecule has 3 nitrogen and oxygen atoms in total. The van der Waals surface area contributed by atoms with Gasteiger partial charge in [-0.05, 0) is 37.6 Å². The zero-order valence-electron chi connectivity index (χ0n) is 9.61. The van der Waals surface area contributed by atoms with Gasteiger partial charge in [0.25, 0.3) is 0 Å². The highest BCUT2D eigenvalue weighted by molar-refractivity contribution is 6.30. The fourth-order valence-corrected chi connectivity index (χ4v) is 1.38. The second-order valence-corrected chi connectivity index (χ2v) is 4.12. The van der Waals surface area contributed by atoms with Crippen molar-refractivity contribution in [2.75, 3.05) is 0 Å². The Hall–Kier alpha value is -1.79. The summed E-state index contributed by atoms with van der Waals surface area (Å²) in [7, 11) is 0. The molecule has 0 aliphatic heterocycles. The predicted molar refractivity (Wildman–Crippen MR) is 66.3 cm³/mol. The average Bonchev–Trinajstić information content (AvgIpc) is 2.24. The highest BCUT2D eigenvalue weighted by Crippen LogP contribution is 2.14. The summed E-state index contributed by atoms with van der Waals surface area (Å²) in [6.45, 7) is 3.46. The van der Waals surface area contributed by atoms with Crippen molar-refractivity contribution in [1.29, 1.82) is 5.26 Å². The lowest BCUT2D eigenvalue weighted by molar-refractivity contribution is -0.142. The first-order valence-corrected chi connectivity index (χ1v) is 5.49. The van der Waals surface area contributed by atoms with Crippen LogP contribution in [-0.2, 0) is 9.53 Å². The van der Waals surface area contributed by atoms with Crippen molar-refractivity contribution in [3.05, 3.63) is 40.4 Å². The van der Waals surface area contributed by atoms with E-state index >= 15 is 0 Å². The van der Waals surface area contributed by atoms with Crippen LogP contribution < -0.4 is 0 Å². The molecule has 0 unspecified atom stereocenters. The first-order chi connectivity index (χ1) is 8.02. The smallest absolute Gasteiger partial charge is 0.349 e. The van der Waals surface area contributed by atoms with Crippen LogP contribution in [-0.4, -0.2) is 12.1 Å². The predicted octanol–water partition coefficient (Wildman–Crippen LogP) is 3.20. The first-order valence-electron chi connectivity index (χ1n) is 5.11. The Morgan fingerprint density at radius 3 is 2.76 bits per heavy atom. The summed E-state index contributed by atoms with van der Waals surface area (Å²) in [5.74, 6) is -0.623. The van der Waals surface area contributed by atoms with E-state index in [1.54, 1.807) is 38.1 Å². The number of carbonyl (C=O) groups excluding carboxylic acids is 1. The summed E-state index contributed by atoms with van der Waals surface area (Å²) in [6, 6.07) is 8.71. The van der Waals surface area contributed by atoms with Crippen molar-refractivity contribution >= 4 is 23.6 Å². The molecule has 1 aromatic rings. The van der Waals surface area contributed by atoms with Crippen LogP contribution in [0.4, 0.5) is 0 Å². The molecule has 0 fully saturated rings. The number of carbonyl (C=O) groups is 1. The van der Waals surface area contributed by atoms with Crippen molar-refractivity contribution < 1.29 is 9.53 Å². The number of halogens is 1. The standard InChI is InChI=1S/C13H12ClNO2/c1-9(2)17-13(16)11(8-15)6-10-4-3-5-12(14)7-10/h3-7,9H,1-2H3. The molecule has 0 bridgehead atoms. The van der Waals surface area contributed by atoms with Crippen LogP contribution in [0.25, 0.3) is 6.08 Å². The van der Waals surface area contributed by atoms with Gasteiger partial charge >= 0.3 is 5.97 Å². The summed E-state index contributed by atoms with van der Waals surface area (Å²) in [5, 5.41) is 9.44. The molecule has 1 aromatic carbocycles. The number of rotatable bonds is 3. The molecule has 0 N–H and O–H groups in total. The van der Waals surface area contributed by atoms with Crippen LogP contribution in [0.2, 0.25) is 5.02 Å². The Morgan fingerprint density at radius 2 is 2.24 bits per heavy atom. The number of nitrogens with zero attached hydrogens (tertiary/aromatic N) is 1. The Kier molecular flexibility index (Phi) is 4.74. The number of hydrogen-bond donors (Lipinski definition) is 0. The molecule has 0 aliphatic rings. The minimum absolute atomic E-state index is 0.0408. The van der Waals surface area contributed by atoms with E-state index in [4.69, 9.17) is 21.6 Å². The minimum Gasteiger partial charge on any atom is -0.459 e. The van der Waals surface area contributed by atoms with E-state index in [9.17, 15) is 4.79 Å². The number of ether oxygens (including phenoxy) is 1. The molecule has 0 saturated heterocycles. The SMILES string of the molecule is CC(C)OC(=O)C(C#N)=Cc1cccc(Cl)c1. The molecule has 1 rings (SSSR count). The summed E-state index contributed by atoms with van der Waals surface area (Å²) in [6.07, 6.45) is 1.20. The fraction of sp³-hybridized carbons (Fsp3) is 0.231. The van der Waals surface area contributed by atoms with Crippen molar-refractivity contribution in [3.8, 4) is 6.07 Å². The third-order valence-electron chi connectivity index (χ3n) is 1.84. The largest absolute Gasteiger partial charge is 0.459 e. The Bertz CT molecular complexity index is 486. The summed E-state index contributed by atoms with van der Waals surface area (Å²) < 4.78 is 4.94. The van der Waals surface area contributed by atoms with Crippen LogP contribution in [0.5, 0.6) is 0 Å². The van der Waals surface area contributed by atoms with Crippen LogP contribution in [0.3, 0.4) is 0 Å². The second kappa shape index (κ2) is 6.07. The number of esters is 1. The molecular weight excluding hydrogens is 238 g/mol. The van der Waals surface area contributed by atoms with Crippen molar-refractivity contribution in [3.63, 3.8) is 0 Å². The van der Waals surface area contributed by atoms with Gasteiger partial charge in [0.15, 0.2) is 0 Å². The van der Waals surface area contributed by atoms with E-state index in [1.165, 1.54) is 6.08 Å². The monoisotopic (exact) mass is 249 g/mol. The maximum absolute atomic E-state index is 11.5. The molecule has 4 heteroatoms. The van der Waals surface area contributed by atoms with Gasteiger partial charge in [-0.25, -0.2) is 4.79 Å². The van der Waals surface area contributed by atoms with Crippen LogP contribution in [0.15, 0.2) is 29.8 Å². The molecule has 0 saturated carbocycles. The number of benzene rings is 1.